The predicted molar refractivity (Wildman–Crippen MR) is 127 cm³/mol. The van der Waals surface area contributed by atoms with Crippen molar-refractivity contribution in [1.29, 1.82) is 0 Å². The smallest absolute Gasteiger partial charge is 0.275 e. The number of anilines is 1. The maximum absolute atomic E-state index is 12.6. The average Bonchev–Trinajstić information content (AvgIpc) is 2.68. The molecular formula is C24H30BrN3O2. The van der Waals surface area contributed by atoms with E-state index in [0.29, 0.717) is 17.2 Å². The lowest BCUT2D eigenvalue weighted by molar-refractivity contribution is 0.0952. The summed E-state index contributed by atoms with van der Waals surface area (Å²) in [6.45, 7) is 12.2. The highest BCUT2D eigenvalue weighted by atomic mass is 79.9. The summed E-state index contributed by atoms with van der Waals surface area (Å²) in [7, 11) is 1.54. The predicted octanol–water partition coefficient (Wildman–Crippen LogP) is 5.64. The average molecular weight is 472 g/mol. The van der Waals surface area contributed by atoms with Crippen LogP contribution < -0.4 is 15.1 Å². The van der Waals surface area contributed by atoms with Crippen molar-refractivity contribution in [3.05, 3.63) is 57.1 Å². The highest BCUT2D eigenvalue weighted by Crippen LogP contribution is 2.44. The van der Waals surface area contributed by atoms with Gasteiger partial charge in [-0.25, -0.2) is 5.43 Å². The Hall–Kier alpha value is -2.34. The van der Waals surface area contributed by atoms with Gasteiger partial charge in [0.15, 0.2) is 0 Å². The Morgan fingerprint density at radius 2 is 2.10 bits per heavy atom. The van der Waals surface area contributed by atoms with Gasteiger partial charge in [-0.2, -0.15) is 5.10 Å². The minimum absolute atomic E-state index is 0.139. The number of nitrogens with zero attached hydrogens (tertiary/aromatic N) is 2. The van der Waals surface area contributed by atoms with Gasteiger partial charge in [0.05, 0.1) is 18.9 Å². The van der Waals surface area contributed by atoms with E-state index in [4.69, 9.17) is 4.74 Å². The third-order valence-corrected chi connectivity index (χ3v) is 6.36. The van der Waals surface area contributed by atoms with Crippen LogP contribution in [0.2, 0.25) is 0 Å². The zero-order valence-corrected chi connectivity index (χ0v) is 20.1. The first-order valence-corrected chi connectivity index (χ1v) is 11.1. The van der Waals surface area contributed by atoms with Crippen molar-refractivity contribution < 1.29 is 9.53 Å². The second kappa shape index (κ2) is 8.80. The Kier molecular flexibility index (Phi) is 6.56. The summed E-state index contributed by atoms with van der Waals surface area (Å²) in [5.41, 5.74) is 7.98. The second-order valence-corrected chi connectivity index (χ2v) is 9.39. The van der Waals surface area contributed by atoms with Crippen LogP contribution in [-0.4, -0.2) is 31.3 Å². The molecule has 1 aliphatic heterocycles. The minimum atomic E-state index is -0.313. The second-order valence-electron chi connectivity index (χ2n) is 8.47. The molecule has 0 unspecified atom stereocenters. The molecule has 2 aromatic rings. The van der Waals surface area contributed by atoms with Crippen LogP contribution >= 0.6 is 15.9 Å². The topological polar surface area (TPSA) is 53.9 Å². The van der Waals surface area contributed by atoms with Crippen LogP contribution in [0.25, 0.3) is 0 Å². The van der Waals surface area contributed by atoms with Gasteiger partial charge in [0.25, 0.3) is 5.91 Å². The maximum atomic E-state index is 12.6. The van der Waals surface area contributed by atoms with Gasteiger partial charge in [0, 0.05) is 22.2 Å². The molecule has 1 N–H and O–H groups in total. The number of methoxy groups -OCH3 is 1. The molecule has 160 valence electrons. The number of aryl methyl sites for hydroxylation is 1. The molecule has 0 bridgehead atoms. The van der Waals surface area contributed by atoms with E-state index in [1.54, 1.807) is 25.5 Å². The first kappa shape index (κ1) is 22.3. The van der Waals surface area contributed by atoms with E-state index in [9.17, 15) is 4.79 Å². The normalized spacial score (nSPS) is 17.7. The number of benzene rings is 2. The number of hydrogen-bond donors (Lipinski definition) is 1. The molecule has 0 fully saturated rings. The van der Waals surface area contributed by atoms with E-state index in [-0.39, 0.29) is 11.4 Å². The number of hydrazone groups is 1. The van der Waals surface area contributed by atoms with Gasteiger partial charge < -0.3 is 9.64 Å². The summed E-state index contributed by atoms with van der Waals surface area (Å²) < 4.78 is 6.08. The van der Waals surface area contributed by atoms with Gasteiger partial charge >= 0.3 is 0 Å². The first-order valence-electron chi connectivity index (χ1n) is 10.3. The summed E-state index contributed by atoms with van der Waals surface area (Å²) in [6.07, 6.45) is 2.83. The van der Waals surface area contributed by atoms with Crippen molar-refractivity contribution in [2.45, 2.75) is 52.5 Å². The highest BCUT2D eigenvalue weighted by molar-refractivity contribution is 9.10. The number of halogens is 1. The first-order chi connectivity index (χ1) is 14.2. The molecule has 0 radical (unpaired) electrons. The van der Waals surface area contributed by atoms with Crippen molar-refractivity contribution in [1.82, 2.24) is 5.43 Å². The number of amides is 1. The number of fused-ring (bicyclic) bond motifs is 1. The lowest BCUT2D eigenvalue weighted by atomic mass is 9.79. The third-order valence-electron chi connectivity index (χ3n) is 5.87. The standard InChI is InChI=1S/C24H30BrN3O2/c1-7-28-21-10-15(2)17(11-19(21)16(3)13-24(28,4)5)14-26-27-23(29)20-12-18(25)8-9-22(20)30-6/h8-12,14,16H,7,13H2,1-6H3,(H,27,29)/b26-14-/t16-/m1/s1. The van der Waals surface area contributed by atoms with Gasteiger partial charge in [0.1, 0.15) is 5.75 Å². The molecule has 1 amide bonds. The van der Waals surface area contributed by atoms with Crippen molar-refractivity contribution in [3.63, 3.8) is 0 Å². The van der Waals surface area contributed by atoms with Gasteiger partial charge in [-0.3, -0.25) is 4.79 Å². The molecule has 30 heavy (non-hydrogen) atoms. The fourth-order valence-corrected chi connectivity index (χ4v) is 4.83. The van der Waals surface area contributed by atoms with Gasteiger partial charge in [-0.05, 0) is 87.1 Å². The SMILES string of the molecule is CCN1c2cc(C)c(/C=N\NC(=O)c3cc(Br)ccc3OC)cc2[C@H](C)CC1(C)C. The fraction of sp³-hybridized carbons (Fsp3) is 0.417. The number of carbonyl (C=O) groups excluding carboxylic acids is 1. The molecule has 2 aromatic carbocycles. The number of carbonyl (C=O) groups is 1. The summed E-state index contributed by atoms with van der Waals surface area (Å²) in [6, 6.07) is 9.76. The maximum Gasteiger partial charge on any atom is 0.275 e. The van der Waals surface area contributed by atoms with Crippen molar-refractivity contribution in [2.75, 3.05) is 18.6 Å². The van der Waals surface area contributed by atoms with E-state index in [1.807, 2.05) is 6.07 Å². The van der Waals surface area contributed by atoms with E-state index in [2.05, 4.69) is 78.1 Å². The van der Waals surface area contributed by atoms with E-state index in [0.717, 1.165) is 28.6 Å². The van der Waals surface area contributed by atoms with Crippen molar-refractivity contribution in [2.24, 2.45) is 5.10 Å². The summed E-state index contributed by atoms with van der Waals surface area (Å²) in [5, 5.41) is 4.22. The van der Waals surface area contributed by atoms with Gasteiger partial charge in [-0.1, -0.05) is 22.9 Å². The number of nitrogens with one attached hydrogen (secondary N) is 1. The van der Waals surface area contributed by atoms with Crippen molar-refractivity contribution >= 4 is 33.7 Å². The fourth-order valence-electron chi connectivity index (χ4n) is 4.47. The molecule has 3 rings (SSSR count). The van der Waals surface area contributed by atoms with Gasteiger partial charge in [-0.15, -0.1) is 0 Å². The molecule has 1 aliphatic rings. The van der Waals surface area contributed by atoms with E-state index >= 15 is 0 Å². The van der Waals surface area contributed by atoms with Crippen LogP contribution in [0.1, 0.15) is 67.1 Å². The summed E-state index contributed by atoms with van der Waals surface area (Å²) in [4.78, 5) is 15.0. The van der Waals surface area contributed by atoms with Crippen LogP contribution in [0.15, 0.2) is 39.9 Å². The molecular weight excluding hydrogens is 442 g/mol. The molecule has 0 saturated heterocycles. The molecule has 5 nitrogen and oxygen atoms in total. The zero-order chi connectivity index (χ0) is 22.1. The molecule has 0 aliphatic carbocycles. The van der Waals surface area contributed by atoms with E-state index < -0.39 is 0 Å². The van der Waals surface area contributed by atoms with E-state index in [1.165, 1.54) is 11.3 Å². The molecule has 0 saturated carbocycles. The molecule has 0 spiro atoms. The Labute approximate surface area is 187 Å². The Balaban J connectivity index is 1.85. The Bertz CT molecular complexity index is 985. The quantitative estimate of drug-likeness (QED) is 0.453. The highest BCUT2D eigenvalue weighted by Gasteiger charge is 2.35. The summed E-state index contributed by atoms with van der Waals surface area (Å²) in [5.74, 6) is 0.658. The number of rotatable bonds is 5. The molecule has 1 atom stereocenters. The number of ether oxygens (including phenoxy) is 1. The van der Waals surface area contributed by atoms with Crippen LogP contribution in [0.4, 0.5) is 5.69 Å². The van der Waals surface area contributed by atoms with Crippen LogP contribution in [0.3, 0.4) is 0 Å². The third kappa shape index (κ3) is 4.38. The molecule has 1 heterocycles. The zero-order valence-electron chi connectivity index (χ0n) is 18.5. The number of hydrogen-bond acceptors (Lipinski definition) is 4. The molecule has 6 heteroatoms. The van der Waals surface area contributed by atoms with Crippen LogP contribution in [0, 0.1) is 6.92 Å². The summed E-state index contributed by atoms with van der Waals surface area (Å²) >= 11 is 3.39. The van der Waals surface area contributed by atoms with Crippen LogP contribution in [0.5, 0.6) is 5.75 Å². The van der Waals surface area contributed by atoms with Crippen molar-refractivity contribution in [3.8, 4) is 5.75 Å². The lowest BCUT2D eigenvalue weighted by Crippen LogP contribution is -2.48. The molecule has 0 aromatic heterocycles. The lowest BCUT2D eigenvalue weighted by Gasteiger charge is -2.47. The Morgan fingerprint density at radius 1 is 1.37 bits per heavy atom. The largest absolute Gasteiger partial charge is 0.496 e. The monoisotopic (exact) mass is 471 g/mol. The van der Waals surface area contributed by atoms with Crippen LogP contribution in [-0.2, 0) is 0 Å². The Morgan fingerprint density at radius 3 is 2.77 bits per heavy atom. The van der Waals surface area contributed by atoms with Gasteiger partial charge in [0.2, 0.25) is 0 Å². The minimum Gasteiger partial charge on any atom is -0.496 e.